The molecule has 7 heteroatoms. The first-order valence-electron chi connectivity index (χ1n) is 4.97. The Balaban J connectivity index is 2.44. The number of carboxylic acid groups (broad SMARTS) is 1. The molecule has 90 valence electrons. The van der Waals surface area contributed by atoms with Crippen molar-refractivity contribution in [3.63, 3.8) is 0 Å². The number of amides is 2. The summed E-state index contributed by atoms with van der Waals surface area (Å²) in [4.78, 5) is 32.1. The second-order valence-corrected chi connectivity index (χ2v) is 3.75. The average molecular weight is 230 g/mol. The van der Waals surface area contributed by atoms with Crippen molar-refractivity contribution in [2.75, 3.05) is 6.54 Å². The highest BCUT2D eigenvalue weighted by atomic mass is 16.5. The Hall–Kier alpha value is -1.63. The lowest BCUT2D eigenvalue weighted by Crippen LogP contribution is -2.44. The van der Waals surface area contributed by atoms with Crippen molar-refractivity contribution in [2.45, 2.75) is 25.3 Å². The van der Waals surface area contributed by atoms with Crippen LogP contribution in [0, 0.1) is 5.92 Å². The Labute approximate surface area is 92.0 Å². The van der Waals surface area contributed by atoms with Gasteiger partial charge in [-0.3, -0.25) is 19.6 Å². The van der Waals surface area contributed by atoms with Crippen molar-refractivity contribution in [1.82, 2.24) is 10.4 Å². The Kier molecular flexibility index (Phi) is 4.24. The van der Waals surface area contributed by atoms with Crippen LogP contribution in [0.4, 0.5) is 0 Å². The third kappa shape index (κ3) is 3.20. The van der Waals surface area contributed by atoms with Gasteiger partial charge in [0, 0.05) is 6.04 Å². The average Bonchev–Trinajstić information content (AvgIpc) is 2.65. The van der Waals surface area contributed by atoms with Crippen LogP contribution in [-0.2, 0) is 14.4 Å². The van der Waals surface area contributed by atoms with Crippen LogP contribution >= 0.6 is 0 Å². The molecule has 2 atom stereocenters. The fourth-order valence-electron chi connectivity index (χ4n) is 1.87. The van der Waals surface area contributed by atoms with Crippen molar-refractivity contribution in [2.24, 2.45) is 5.92 Å². The topological polar surface area (TPSA) is 107 Å². The maximum Gasteiger partial charge on any atom is 0.308 e. The summed E-state index contributed by atoms with van der Waals surface area (Å²) in [7, 11) is 0. The van der Waals surface area contributed by atoms with E-state index in [1.807, 2.05) is 0 Å². The van der Waals surface area contributed by atoms with Gasteiger partial charge in [0.25, 0.3) is 0 Å². The van der Waals surface area contributed by atoms with E-state index < -0.39 is 30.4 Å². The summed E-state index contributed by atoms with van der Waals surface area (Å²) in [5, 5.41) is 20.3. The minimum atomic E-state index is -0.931. The zero-order chi connectivity index (χ0) is 12.1. The first-order chi connectivity index (χ1) is 7.54. The van der Waals surface area contributed by atoms with E-state index in [0.29, 0.717) is 12.8 Å². The fourth-order valence-corrected chi connectivity index (χ4v) is 1.87. The van der Waals surface area contributed by atoms with Crippen molar-refractivity contribution < 1.29 is 24.7 Å². The number of carboxylic acids is 1. The number of aliphatic carboxylic acids is 1. The second kappa shape index (κ2) is 5.45. The Morgan fingerprint density at radius 3 is 2.69 bits per heavy atom. The van der Waals surface area contributed by atoms with Crippen LogP contribution in [0.3, 0.4) is 0 Å². The van der Waals surface area contributed by atoms with Crippen LogP contribution in [0.25, 0.3) is 0 Å². The van der Waals surface area contributed by atoms with E-state index in [1.54, 1.807) is 0 Å². The van der Waals surface area contributed by atoms with Gasteiger partial charge >= 0.3 is 5.97 Å². The number of carbonyl (C=O) groups excluding carboxylic acids is 2. The highest BCUT2D eigenvalue weighted by Gasteiger charge is 2.33. The number of nitrogens with zero attached hydrogens (tertiary/aromatic N) is 1. The first-order valence-corrected chi connectivity index (χ1v) is 4.97. The number of rotatable bonds is 5. The monoisotopic (exact) mass is 230 g/mol. The van der Waals surface area contributed by atoms with Crippen LogP contribution in [0.5, 0.6) is 0 Å². The molecule has 0 saturated heterocycles. The Morgan fingerprint density at radius 1 is 1.44 bits per heavy atom. The Bertz CT molecular complexity index is 294. The van der Waals surface area contributed by atoms with E-state index in [9.17, 15) is 14.4 Å². The summed E-state index contributed by atoms with van der Waals surface area (Å²) in [5.41, 5.74) is 0. The van der Waals surface area contributed by atoms with E-state index >= 15 is 0 Å². The van der Waals surface area contributed by atoms with Crippen molar-refractivity contribution in [3.8, 4) is 0 Å². The van der Waals surface area contributed by atoms with Gasteiger partial charge in [0.2, 0.25) is 12.3 Å². The van der Waals surface area contributed by atoms with Gasteiger partial charge in [-0.1, -0.05) is 6.42 Å². The highest BCUT2D eigenvalue weighted by Crippen LogP contribution is 2.25. The van der Waals surface area contributed by atoms with Crippen molar-refractivity contribution in [1.29, 1.82) is 0 Å². The smallest absolute Gasteiger partial charge is 0.308 e. The summed E-state index contributed by atoms with van der Waals surface area (Å²) in [5.74, 6) is -2.07. The number of nitrogens with one attached hydrogen (secondary N) is 1. The van der Waals surface area contributed by atoms with Gasteiger partial charge in [-0.15, -0.1) is 0 Å². The number of hydrogen-bond acceptors (Lipinski definition) is 4. The third-order valence-electron chi connectivity index (χ3n) is 2.61. The SMILES string of the molecule is O=CN(O)CC(=O)NC1CCCC1C(=O)O. The zero-order valence-corrected chi connectivity index (χ0v) is 8.63. The molecule has 1 aliphatic carbocycles. The molecule has 16 heavy (non-hydrogen) atoms. The quantitative estimate of drug-likeness (QED) is 0.326. The molecule has 0 aromatic carbocycles. The van der Waals surface area contributed by atoms with E-state index in [2.05, 4.69) is 5.32 Å². The van der Waals surface area contributed by atoms with Crippen LogP contribution in [-0.4, -0.2) is 46.3 Å². The van der Waals surface area contributed by atoms with E-state index in [4.69, 9.17) is 10.3 Å². The van der Waals surface area contributed by atoms with Crippen LogP contribution in [0.15, 0.2) is 0 Å². The van der Waals surface area contributed by atoms with E-state index in [1.165, 1.54) is 0 Å². The lowest BCUT2D eigenvalue weighted by atomic mass is 10.0. The maximum absolute atomic E-state index is 11.3. The molecule has 0 spiro atoms. The fraction of sp³-hybridized carbons (Fsp3) is 0.667. The molecule has 0 aromatic heterocycles. The van der Waals surface area contributed by atoms with Crippen LogP contribution < -0.4 is 5.32 Å². The van der Waals surface area contributed by atoms with Crippen molar-refractivity contribution in [3.05, 3.63) is 0 Å². The molecule has 2 amide bonds. The molecule has 0 heterocycles. The predicted octanol–water partition coefficient (Wildman–Crippen LogP) is -0.796. The predicted molar refractivity (Wildman–Crippen MR) is 51.5 cm³/mol. The van der Waals surface area contributed by atoms with Gasteiger partial charge in [0.1, 0.15) is 6.54 Å². The molecule has 1 rings (SSSR count). The van der Waals surface area contributed by atoms with Crippen molar-refractivity contribution >= 4 is 18.3 Å². The molecular formula is C9H14N2O5. The summed E-state index contributed by atoms with van der Waals surface area (Å²) in [6.45, 7) is -0.480. The Morgan fingerprint density at radius 2 is 2.12 bits per heavy atom. The van der Waals surface area contributed by atoms with Crippen LogP contribution in [0.1, 0.15) is 19.3 Å². The molecule has 0 aromatic rings. The number of hydroxylamine groups is 2. The molecule has 3 N–H and O–H groups in total. The largest absolute Gasteiger partial charge is 0.481 e. The van der Waals surface area contributed by atoms with Gasteiger partial charge < -0.3 is 10.4 Å². The second-order valence-electron chi connectivity index (χ2n) is 3.75. The molecule has 1 fully saturated rings. The van der Waals surface area contributed by atoms with Gasteiger partial charge in [-0.25, -0.2) is 5.06 Å². The number of hydrogen-bond donors (Lipinski definition) is 3. The molecule has 0 aliphatic heterocycles. The van der Waals surface area contributed by atoms with Gasteiger partial charge in [-0.2, -0.15) is 0 Å². The summed E-state index contributed by atoms with van der Waals surface area (Å²) in [6, 6.07) is -0.412. The molecular weight excluding hydrogens is 216 g/mol. The minimum Gasteiger partial charge on any atom is -0.481 e. The molecule has 2 unspecified atom stereocenters. The lowest BCUT2D eigenvalue weighted by molar-refractivity contribution is -0.156. The van der Waals surface area contributed by atoms with Gasteiger partial charge in [0.05, 0.1) is 5.92 Å². The molecule has 1 saturated carbocycles. The molecule has 7 nitrogen and oxygen atoms in total. The molecule has 0 bridgehead atoms. The third-order valence-corrected chi connectivity index (χ3v) is 2.61. The molecule has 1 aliphatic rings. The zero-order valence-electron chi connectivity index (χ0n) is 8.63. The van der Waals surface area contributed by atoms with E-state index in [-0.39, 0.29) is 11.5 Å². The summed E-state index contributed by atoms with van der Waals surface area (Å²) in [6.07, 6.45) is 2.01. The highest BCUT2D eigenvalue weighted by molar-refractivity contribution is 5.81. The van der Waals surface area contributed by atoms with Gasteiger partial charge in [0.15, 0.2) is 0 Å². The summed E-state index contributed by atoms with van der Waals surface area (Å²) >= 11 is 0. The standard InChI is InChI=1S/C9H14N2O5/c12-5-11(16)4-8(13)10-7-3-1-2-6(7)9(14)15/h5-7,16H,1-4H2,(H,10,13)(H,14,15). The lowest BCUT2D eigenvalue weighted by Gasteiger charge is -2.18. The first kappa shape index (κ1) is 12.4. The minimum absolute atomic E-state index is 0.114. The van der Waals surface area contributed by atoms with Crippen LogP contribution in [0.2, 0.25) is 0 Å². The summed E-state index contributed by atoms with van der Waals surface area (Å²) < 4.78 is 0. The maximum atomic E-state index is 11.3. The van der Waals surface area contributed by atoms with E-state index in [0.717, 1.165) is 6.42 Å². The van der Waals surface area contributed by atoms with Gasteiger partial charge in [-0.05, 0) is 12.8 Å². The number of carbonyl (C=O) groups is 3. The molecule has 0 radical (unpaired) electrons. The normalized spacial score (nSPS) is 23.8.